The van der Waals surface area contributed by atoms with Crippen molar-refractivity contribution in [1.29, 1.82) is 0 Å². The third-order valence-electron chi connectivity index (χ3n) is 3.21. The highest BCUT2D eigenvalue weighted by Crippen LogP contribution is 2.33. The van der Waals surface area contributed by atoms with Crippen LogP contribution in [0.2, 0.25) is 0 Å². The van der Waals surface area contributed by atoms with E-state index in [1.807, 2.05) is 31.2 Å². The fourth-order valence-corrected chi connectivity index (χ4v) is 4.00. The van der Waals surface area contributed by atoms with Crippen LogP contribution in [-0.2, 0) is 4.79 Å². The second-order valence-electron chi connectivity index (χ2n) is 4.91. The van der Waals surface area contributed by atoms with Gasteiger partial charge < -0.3 is 5.32 Å². The molecule has 2 aromatic carbocycles. The van der Waals surface area contributed by atoms with Gasteiger partial charge in [-0.3, -0.25) is 4.79 Å². The van der Waals surface area contributed by atoms with E-state index in [-0.39, 0.29) is 11.7 Å². The van der Waals surface area contributed by atoms with Crippen LogP contribution in [-0.4, -0.2) is 10.2 Å². The summed E-state index contributed by atoms with van der Waals surface area (Å²) in [5.74, 6) is -0.544. The average Bonchev–Trinajstić information content (AvgIpc) is 2.82. The van der Waals surface area contributed by atoms with Gasteiger partial charge in [-0.15, -0.1) is 0 Å². The lowest BCUT2D eigenvalue weighted by atomic mass is 10.2. The number of thioether (sulfide) groups is 1. The largest absolute Gasteiger partial charge is 0.307 e. The van der Waals surface area contributed by atoms with Crippen LogP contribution in [0.4, 0.5) is 4.39 Å². The summed E-state index contributed by atoms with van der Waals surface area (Å²) in [4.78, 5) is 13.7. The van der Waals surface area contributed by atoms with Gasteiger partial charge in [0.1, 0.15) is 10.1 Å². The Labute approximate surface area is 147 Å². The molecule has 116 valence electrons. The maximum Gasteiger partial charge on any atom is 0.263 e. The minimum atomic E-state index is -0.307. The first-order valence-corrected chi connectivity index (χ1v) is 8.85. The van der Waals surface area contributed by atoms with Crippen molar-refractivity contribution >= 4 is 52.0 Å². The Hall–Kier alpha value is -1.63. The predicted octanol–water partition coefficient (Wildman–Crippen LogP) is 4.77. The molecule has 0 aromatic heterocycles. The van der Waals surface area contributed by atoms with Gasteiger partial charge in [-0.2, -0.15) is 0 Å². The third kappa shape index (κ3) is 3.83. The van der Waals surface area contributed by atoms with E-state index in [0.717, 1.165) is 10.5 Å². The monoisotopic (exact) mass is 361 g/mol. The highest BCUT2D eigenvalue weighted by atomic mass is 32.2. The molecule has 0 atom stereocenters. The smallest absolute Gasteiger partial charge is 0.263 e. The minimum Gasteiger partial charge on any atom is -0.307 e. The minimum absolute atomic E-state index is 0.237. The molecular formula is C17H12FNOS3. The second-order valence-corrected chi connectivity index (χ2v) is 7.71. The Kier molecular flexibility index (Phi) is 4.84. The Morgan fingerprint density at radius 1 is 1.22 bits per heavy atom. The highest BCUT2D eigenvalue weighted by Gasteiger charge is 2.22. The number of hydrogen-bond donors (Lipinski definition) is 1. The number of halogens is 1. The molecule has 0 aliphatic carbocycles. The summed E-state index contributed by atoms with van der Waals surface area (Å²) < 4.78 is 14.8. The summed E-state index contributed by atoms with van der Waals surface area (Å²) in [5, 5.41) is 2.54. The number of carbonyl (C=O) groups excluding carboxylic acids is 1. The van der Waals surface area contributed by atoms with E-state index in [4.69, 9.17) is 12.2 Å². The zero-order valence-corrected chi connectivity index (χ0v) is 14.6. The van der Waals surface area contributed by atoms with Crippen LogP contribution in [0.25, 0.3) is 6.08 Å². The van der Waals surface area contributed by atoms with Gasteiger partial charge in [0.15, 0.2) is 0 Å². The van der Waals surface area contributed by atoms with Crippen molar-refractivity contribution in [2.24, 2.45) is 0 Å². The van der Waals surface area contributed by atoms with Crippen LogP contribution >= 0.6 is 35.7 Å². The molecule has 0 saturated carbocycles. The van der Waals surface area contributed by atoms with Crippen molar-refractivity contribution in [2.75, 3.05) is 0 Å². The van der Waals surface area contributed by atoms with E-state index in [2.05, 4.69) is 5.32 Å². The first kappa shape index (κ1) is 16.2. The van der Waals surface area contributed by atoms with Crippen LogP contribution in [0, 0.1) is 12.7 Å². The van der Waals surface area contributed by atoms with Crippen molar-refractivity contribution in [3.05, 3.63) is 64.3 Å². The van der Waals surface area contributed by atoms with E-state index in [1.165, 1.54) is 29.6 Å². The number of thiocarbonyl (C=S) groups is 1. The van der Waals surface area contributed by atoms with Gasteiger partial charge in [0.05, 0.1) is 4.91 Å². The van der Waals surface area contributed by atoms with E-state index in [1.54, 1.807) is 18.2 Å². The predicted molar refractivity (Wildman–Crippen MR) is 98.0 cm³/mol. The Morgan fingerprint density at radius 3 is 2.65 bits per heavy atom. The topological polar surface area (TPSA) is 29.1 Å². The molecule has 0 spiro atoms. The molecule has 1 heterocycles. The zero-order valence-electron chi connectivity index (χ0n) is 12.1. The summed E-state index contributed by atoms with van der Waals surface area (Å²) in [6.07, 6.45) is 1.64. The van der Waals surface area contributed by atoms with E-state index >= 15 is 0 Å². The molecule has 1 N–H and O–H groups in total. The van der Waals surface area contributed by atoms with Crippen molar-refractivity contribution in [1.82, 2.24) is 5.32 Å². The molecule has 1 saturated heterocycles. The number of nitrogens with one attached hydrogen (secondary N) is 1. The molecule has 6 heteroatoms. The fraction of sp³-hybridized carbons (Fsp3) is 0.0588. The first-order chi connectivity index (χ1) is 11.0. The van der Waals surface area contributed by atoms with Crippen LogP contribution in [0.3, 0.4) is 0 Å². The normalized spacial score (nSPS) is 16.0. The first-order valence-electron chi connectivity index (χ1n) is 6.81. The maximum absolute atomic E-state index is 14.3. The second kappa shape index (κ2) is 6.86. The van der Waals surface area contributed by atoms with Crippen LogP contribution in [0.5, 0.6) is 0 Å². The van der Waals surface area contributed by atoms with Gasteiger partial charge >= 0.3 is 0 Å². The van der Waals surface area contributed by atoms with Gasteiger partial charge in [0.2, 0.25) is 0 Å². The van der Waals surface area contributed by atoms with Crippen LogP contribution < -0.4 is 5.32 Å². The van der Waals surface area contributed by atoms with Gasteiger partial charge in [-0.25, -0.2) is 4.39 Å². The molecule has 0 radical (unpaired) electrons. The summed E-state index contributed by atoms with van der Waals surface area (Å²) in [6.45, 7) is 2.00. The highest BCUT2D eigenvalue weighted by molar-refractivity contribution is 8.26. The van der Waals surface area contributed by atoms with E-state index < -0.39 is 0 Å². The van der Waals surface area contributed by atoms with Gasteiger partial charge in [-0.05, 0) is 42.3 Å². The van der Waals surface area contributed by atoms with Crippen molar-refractivity contribution in [2.45, 2.75) is 16.7 Å². The number of carbonyl (C=O) groups is 1. The molecule has 2 aromatic rings. The zero-order chi connectivity index (χ0) is 16.4. The van der Waals surface area contributed by atoms with Gasteiger partial charge in [-0.1, -0.05) is 60.0 Å². The van der Waals surface area contributed by atoms with Crippen molar-refractivity contribution < 1.29 is 9.18 Å². The molecule has 1 aliphatic heterocycles. The van der Waals surface area contributed by atoms with E-state index in [0.29, 0.717) is 19.7 Å². The summed E-state index contributed by atoms with van der Waals surface area (Å²) in [6, 6.07) is 12.8. The van der Waals surface area contributed by atoms with E-state index in [9.17, 15) is 9.18 Å². The summed E-state index contributed by atoms with van der Waals surface area (Å²) >= 11 is 7.51. The molecule has 0 unspecified atom stereocenters. The van der Waals surface area contributed by atoms with Crippen molar-refractivity contribution in [3.8, 4) is 0 Å². The van der Waals surface area contributed by atoms with Crippen LogP contribution in [0.15, 0.2) is 57.2 Å². The molecular weight excluding hydrogens is 349 g/mol. The molecule has 1 amide bonds. The fourth-order valence-electron chi connectivity index (χ4n) is 2.05. The van der Waals surface area contributed by atoms with Crippen molar-refractivity contribution in [3.63, 3.8) is 0 Å². The Balaban J connectivity index is 1.84. The molecule has 1 aliphatic rings. The number of amides is 1. The standard InChI is InChI=1S/C17H12FNOS3/c1-10-4-2-3-5-13(10)22-14-7-6-11(8-12(14)18)9-15-16(20)19-17(21)23-15/h2-9H,1H3,(H,19,20,21)/b15-9-. The maximum atomic E-state index is 14.3. The Morgan fingerprint density at radius 2 is 2.00 bits per heavy atom. The lowest BCUT2D eigenvalue weighted by Crippen LogP contribution is -2.17. The third-order valence-corrected chi connectivity index (χ3v) is 5.60. The number of hydrogen-bond acceptors (Lipinski definition) is 4. The molecule has 23 heavy (non-hydrogen) atoms. The summed E-state index contributed by atoms with van der Waals surface area (Å²) in [5.41, 5.74) is 1.75. The molecule has 0 bridgehead atoms. The number of rotatable bonds is 3. The number of benzene rings is 2. The van der Waals surface area contributed by atoms with Crippen LogP contribution in [0.1, 0.15) is 11.1 Å². The molecule has 2 nitrogen and oxygen atoms in total. The molecule has 1 fully saturated rings. The lowest BCUT2D eigenvalue weighted by Gasteiger charge is -2.07. The van der Waals surface area contributed by atoms with Gasteiger partial charge in [0, 0.05) is 9.79 Å². The number of aryl methyl sites for hydroxylation is 1. The average molecular weight is 361 g/mol. The Bertz CT molecular complexity index is 832. The molecule has 3 rings (SSSR count). The lowest BCUT2D eigenvalue weighted by molar-refractivity contribution is -0.115. The SMILES string of the molecule is Cc1ccccc1Sc1ccc(/C=C2\SC(=S)NC2=O)cc1F. The summed E-state index contributed by atoms with van der Waals surface area (Å²) in [7, 11) is 0. The van der Waals surface area contributed by atoms with Gasteiger partial charge in [0.25, 0.3) is 5.91 Å². The quantitative estimate of drug-likeness (QED) is 0.630.